The van der Waals surface area contributed by atoms with Gasteiger partial charge in [-0.2, -0.15) is 0 Å². The molecule has 0 bridgehead atoms. The molecule has 3 heterocycles. The fourth-order valence-electron chi connectivity index (χ4n) is 4.16. The molecule has 154 valence electrons. The Morgan fingerprint density at radius 3 is 2.62 bits per heavy atom. The smallest absolute Gasteiger partial charge is 0.263 e. The minimum Gasteiger partial charge on any atom is -0.481 e. The zero-order chi connectivity index (χ0) is 20.4. The van der Waals surface area contributed by atoms with Gasteiger partial charge in [-0.1, -0.05) is 17.7 Å². The molecule has 2 aliphatic rings. The molecule has 6 nitrogen and oxygen atoms in total. The number of aryl methyl sites for hydroxylation is 1. The molecule has 0 unspecified atom stereocenters. The number of piperidine rings is 1. The van der Waals surface area contributed by atoms with Gasteiger partial charge in [-0.3, -0.25) is 4.79 Å². The van der Waals surface area contributed by atoms with E-state index in [9.17, 15) is 4.79 Å². The SMILES string of the molecule is Cc1ccc(O[C@@H](C)C(=O)N2CCC(c3ncc4c(n3)CCN(C)C4)CC2)cc1. The highest BCUT2D eigenvalue weighted by molar-refractivity contribution is 5.81. The van der Waals surface area contributed by atoms with Gasteiger partial charge >= 0.3 is 0 Å². The average Bonchev–Trinajstić information content (AvgIpc) is 2.74. The molecule has 29 heavy (non-hydrogen) atoms. The summed E-state index contributed by atoms with van der Waals surface area (Å²) >= 11 is 0. The third-order valence-corrected chi connectivity index (χ3v) is 6.00. The number of nitrogens with zero attached hydrogens (tertiary/aromatic N) is 4. The monoisotopic (exact) mass is 394 g/mol. The second kappa shape index (κ2) is 8.49. The number of carbonyl (C=O) groups is 1. The van der Waals surface area contributed by atoms with Crippen LogP contribution in [-0.2, 0) is 17.8 Å². The van der Waals surface area contributed by atoms with Crippen LogP contribution in [0.1, 0.15) is 48.3 Å². The van der Waals surface area contributed by atoms with Crippen molar-refractivity contribution in [3.63, 3.8) is 0 Å². The molecule has 1 aromatic heterocycles. The lowest BCUT2D eigenvalue weighted by atomic mass is 9.95. The highest BCUT2D eigenvalue weighted by Gasteiger charge is 2.29. The summed E-state index contributed by atoms with van der Waals surface area (Å²) in [6, 6.07) is 7.82. The normalized spacial score (nSPS) is 18.9. The van der Waals surface area contributed by atoms with Crippen molar-refractivity contribution in [2.45, 2.75) is 51.7 Å². The molecule has 1 fully saturated rings. The van der Waals surface area contributed by atoms with Crippen LogP contribution in [0, 0.1) is 6.92 Å². The summed E-state index contributed by atoms with van der Waals surface area (Å²) in [5, 5.41) is 0. The van der Waals surface area contributed by atoms with Gasteiger partial charge in [0, 0.05) is 56.0 Å². The molecule has 0 saturated carbocycles. The minimum absolute atomic E-state index is 0.0541. The first-order chi connectivity index (χ1) is 14.0. The van der Waals surface area contributed by atoms with E-state index in [1.165, 1.54) is 16.8 Å². The Bertz CT molecular complexity index is 860. The summed E-state index contributed by atoms with van der Waals surface area (Å²) in [5.74, 6) is 2.07. The number of hydrogen-bond donors (Lipinski definition) is 0. The van der Waals surface area contributed by atoms with E-state index in [1.54, 1.807) is 0 Å². The Morgan fingerprint density at radius 1 is 1.17 bits per heavy atom. The lowest BCUT2D eigenvalue weighted by molar-refractivity contribution is -0.139. The van der Waals surface area contributed by atoms with E-state index >= 15 is 0 Å². The summed E-state index contributed by atoms with van der Waals surface area (Å²) in [6.07, 6.45) is 4.32. The van der Waals surface area contributed by atoms with Gasteiger partial charge in [0.25, 0.3) is 5.91 Å². The molecular formula is C23H30N4O2. The van der Waals surface area contributed by atoms with E-state index in [1.807, 2.05) is 49.2 Å². The number of hydrogen-bond acceptors (Lipinski definition) is 5. The van der Waals surface area contributed by atoms with Crippen molar-refractivity contribution >= 4 is 5.91 Å². The molecule has 1 saturated heterocycles. The van der Waals surface area contributed by atoms with Crippen molar-refractivity contribution < 1.29 is 9.53 Å². The van der Waals surface area contributed by atoms with Gasteiger partial charge in [0.05, 0.1) is 0 Å². The van der Waals surface area contributed by atoms with Crippen LogP contribution in [-0.4, -0.2) is 58.5 Å². The molecule has 6 heteroatoms. The Labute approximate surface area is 172 Å². The van der Waals surface area contributed by atoms with E-state index in [0.29, 0.717) is 5.92 Å². The zero-order valence-electron chi connectivity index (χ0n) is 17.6. The Balaban J connectivity index is 1.33. The number of amides is 1. The van der Waals surface area contributed by atoms with Gasteiger partial charge in [-0.15, -0.1) is 0 Å². The summed E-state index contributed by atoms with van der Waals surface area (Å²) < 4.78 is 5.85. The number of likely N-dealkylation sites (tertiary alicyclic amines) is 1. The summed E-state index contributed by atoms with van der Waals surface area (Å²) in [7, 11) is 2.13. The molecular weight excluding hydrogens is 364 g/mol. The Hall–Kier alpha value is -2.47. The number of fused-ring (bicyclic) bond motifs is 1. The fraction of sp³-hybridized carbons (Fsp3) is 0.522. The number of benzene rings is 1. The maximum atomic E-state index is 12.8. The number of rotatable bonds is 4. The predicted octanol–water partition coefficient (Wildman–Crippen LogP) is 2.95. The van der Waals surface area contributed by atoms with E-state index in [2.05, 4.69) is 16.9 Å². The van der Waals surface area contributed by atoms with Crippen LogP contribution in [0.4, 0.5) is 0 Å². The van der Waals surface area contributed by atoms with Gasteiger partial charge < -0.3 is 14.5 Å². The van der Waals surface area contributed by atoms with Gasteiger partial charge in [0.1, 0.15) is 11.6 Å². The van der Waals surface area contributed by atoms with Crippen molar-refractivity contribution in [3.8, 4) is 5.75 Å². The van der Waals surface area contributed by atoms with Crippen LogP contribution in [0.25, 0.3) is 0 Å². The van der Waals surface area contributed by atoms with Crippen LogP contribution in [0.15, 0.2) is 30.5 Å². The lowest BCUT2D eigenvalue weighted by Crippen LogP contribution is -2.44. The minimum atomic E-state index is -0.480. The maximum absolute atomic E-state index is 12.8. The Morgan fingerprint density at radius 2 is 1.90 bits per heavy atom. The first-order valence-electron chi connectivity index (χ1n) is 10.5. The molecule has 4 rings (SSSR count). The molecule has 0 aliphatic carbocycles. The lowest BCUT2D eigenvalue weighted by Gasteiger charge is -2.33. The highest BCUT2D eigenvalue weighted by atomic mass is 16.5. The van der Waals surface area contributed by atoms with Crippen molar-refractivity contribution in [1.82, 2.24) is 19.8 Å². The summed E-state index contributed by atoms with van der Waals surface area (Å²) in [6.45, 7) is 7.31. The first-order valence-corrected chi connectivity index (χ1v) is 10.5. The van der Waals surface area contributed by atoms with E-state index in [0.717, 1.165) is 57.0 Å². The third kappa shape index (κ3) is 4.58. The van der Waals surface area contributed by atoms with E-state index < -0.39 is 6.10 Å². The molecule has 1 atom stereocenters. The first kappa shape index (κ1) is 19.8. The van der Waals surface area contributed by atoms with Crippen molar-refractivity contribution in [3.05, 3.63) is 53.1 Å². The maximum Gasteiger partial charge on any atom is 0.263 e. The summed E-state index contributed by atoms with van der Waals surface area (Å²) in [4.78, 5) is 26.5. The fourth-order valence-corrected chi connectivity index (χ4v) is 4.16. The van der Waals surface area contributed by atoms with Crippen molar-refractivity contribution in [2.24, 2.45) is 0 Å². The van der Waals surface area contributed by atoms with Crippen molar-refractivity contribution in [1.29, 1.82) is 0 Å². The highest BCUT2D eigenvalue weighted by Crippen LogP contribution is 2.27. The van der Waals surface area contributed by atoms with Crippen molar-refractivity contribution in [2.75, 3.05) is 26.7 Å². The van der Waals surface area contributed by atoms with Gasteiger partial charge in [0.15, 0.2) is 6.10 Å². The number of likely N-dealkylation sites (N-methyl/N-ethyl adjacent to an activating group) is 1. The number of ether oxygens (including phenoxy) is 1. The topological polar surface area (TPSA) is 58.6 Å². The third-order valence-electron chi connectivity index (χ3n) is 6.00. The molecule has 0 N–H and O–H groups in total. The van der Waals surface area contributed by atoms with Gasteiger partial charge in [-0.25, -0.2) is 9.97 Å². The number of aromatic nitrogens is 2. The molecule has 2 aliphatic heterocycles. The summed E-state index contributed by atoms with van der Waals surface area (Å²) in [5.41, 5.74) is 3.62. The standard InChI is InChI=1S/C23H30N4O2/c1-16-4-6-20(7-5-16)29-17(2)23(28)27-12-8-18(9-13-27)22-24-14-19-15-26(3)11-10-21(19)25-22/h4-7,14,17-18H,8-13,15H2,1-3H3/t17-/m0/s1. The molecule has 2 aromatic rings. The second-order valence-electron chi connectivity index (χ2n) is 8.36. The van der Waals surface area contributed by atoms with Gasteiger partial charge in [-0.05, 0) is 45.9 Å². The molecule has 1 amide bonds. The van der Waals surface area contributed by atoms with Crippen LogP contribution in [0.3, 0.4) is 0 Å². The molecule has 0 radical (unpaired) electrons. The zero-order valence-corrected chi connectivity index (χ0v) is 17.6. The van der Waals surface area contributed by atoms with Crippen LogP contribution >= 0.6 is 0 Å². The van der Waals surface area contributed by atoms with E-state index in [-0.39, 0.29) is 5.91 Å². The van der Waals surface area contributed by atoms with E-state index in [4.69, 9.17) is 9.72 Å². The molecule has 0 spiro atoms. The van der Waals surface area contributed by atoms with Crippen LogP contribution < -0.4 is 4.74 Å². The largest absolute Gasteiger partial charge is 0.481 e. The Kier molecular flexibility index (Phi) is 5.81. The van der Waals surface area contributed by atoms with Crippen LogP contribution in [0.2, 0.25) is 0 Å². The average molecular weight is 395 g/mol. The second-order valence-corrected chi connectivity index (χ2v) is 8.36. The van der Waals surface area contributed by atoms with Gasteiger partial charge in [0.2, 0.25) is 0 Å². The molecule has 1 aromatic carbocycles. The predicted molar refractivity (Wildman–Crippen MR) is 112 cm³/mol. The quantitative estimate of drug-likeness (QED) is 0.798. The number of carbonyl (C=O) groups excluding carboxylic acids is 1. The van der Waals surface area contributed by atoms with Crippen LogP contribution in [0.5, 0.6) is 5.75 Å².